The number of aliphatic hydroxyl groups is 9. The fourth-order valence-corrected chi connectivity index (χ4v) is 8.60. The van der Waals surface area contributed by atoms with E-state index in [0.717, 1.165) is 0 Å². The summed E-state index contributed by atoms with van der Waals surface area (Å²) in [5.41, 5.74) is -4.77. The second-order valence-corrected chi connectivity index (χ2v) is 15.2. The number of rotatable bonds is 7. The van der Waals surface area contributed by atoms with Gasteiger partial charge in [0.1, 0.15) is 55.3 Å². The number of benzene rings is 6. The van der Waals surface area contributed by atoms with Gasteiger partial charge in [-0.2, -0.15) is 0 Å². The fourth-order valence-electron chi connectivity index (χ4n) is 8.60. The van der Waals surface area contributed by atoms with Gasteiger partial charge < -0.3 is 75.9 Å². The summed E-state index contributed by atoms with van der Waals surface area (Å²) in [5.74, 6) is -12.6. The Hall–Kier alpha value is -7.62. The summed E-state index contributed by atoms with van der Waals surface area (Å²) in [6.07, 6.45) is -0.810. The van der Waals surface area contributed by atoms with Crippen molar-refractivity contribution in [1.82, 2.24) is 0 Å². The second kappa shape index (κ2) is 15.3. The topological polar surface area (TPSA) is 296 Å². The van der Waals surface area contributed by atoms with Crippen LogP contribution < -0.4 is 21.9 Å². The number of allylic oxidation sites excluding steroid dienone is 1. The molecule has 8 rings (SSSR count). The lowest BCUT2D eigenvalue weighted by Gasteiger charge is -2.26. The van der Waals surface area contributed by atoms with Crippen LogP contribution in [0.25, 0.3) is 77.1 Å². The van der Waals surface area contributed by atoms with E-state index < -0.39 is 144 Å². The highest BCUT2D eigenvalue weighted by Crippen LogP contribution is 2.57. The van der Waals surface area contributed by atoms with Crippen molar-refractivity contribution in [3.05, 3.63) is 99.8 Å². The first kappa shape index (κ1) is 43.0. The van der Waals surface area contributed by atoms with E-state index in [2.05, 4.69) is 0 Å². The van der Waals surface area contributed by atoms with Gasteiger partial charge in [-0.05, 0) is 27.1 Å². The summed E-state index contributed by atoms with van der Waals surface area (Å²) >= 11 is 0. The largest absolute Gasteiger partial charge is 0.511 e. The SMILES string of the molecule is [B]c1c([B])c(C2=C(O)CC(O)=C(O)C(O)=C2O)c([B])c(-c2c3ccccc3c(-c3c(O)c(O)c(O)c4oc5c(O)c(C(C)CO)c(/C(O)=C(/O)CO)c([B])c5c34)c3ccccc23)c1O. The summed E-state index contributed by atoms with van der Waals surface area (Å²) in [4.78, 5) is 0. The third-order valence-corrected chi connectivity index (χ3v) is 11.6. The molecule has 7 aromatic rings. The van der Waals surface area contributed by atoms with E-state index in [1.165, 1.54) is 6.92 Å². The monoisotopic (exact) mass is 856 g/mol. The van der Waals surface area contributed by atoms with E-state index in [-0.39, 0.29) is 60.1 Å². The molecule has 15 nitrogen and oxygen atoms in total. The number of furan rings is 1. The van der Waals surface area contributed by atoms with Gasteiger partial charge in [0, 0.05) is 56.7 Å². The van der Waals surface area contributed by atoms with Gasteiger partial charge in [-0.3, -0.25) is 0 Å². The summed E-state index contributed by atoms with van der Waals surface area (Å²) in [6, 6.07) is 12.7. The predicted molar refractivity (Wildman–Crippen MR) is 243 cm³/mol. The van der Waals surface area contributed by atoms with Crippen LogP contribution in [0.3, 0.4) is 0 Å². The highest BCUT2D eigenvalue weighted by Gasteiger charge is 2.35. The van der Waals surface area contributed by atoms with Crippen LogP contribution in [-0.2, 0) is 0 Å². The molecule has 0 spiro atoms. The highest BCUT2D eigenvalue weighted by atomic mass is 16.4. The lowest BCUT2D eigenvalue weighted by molar-refractivity contribution is 0.245. The standard InChI is InChI=1S/C45H32B4O15/c1-13(11-50)21-28(35(55)20(54)12-51)32(47)30-26-25(39(59)42(62)43(63)44(26)64-45(30)40(21)60)22-14-6-2-4-8-16(14)23(17-9-5-3-7-15(17)22)29-31(46)27(33(48)34(49)37(29)57)24-18(52)10-19(53)36(56)41(61)38(24)58/h2-9,13,50-63H,10-12H2,1H3/b35-20-. The van der Waals surface area contributed by atoms with Gasteiger partial charge >= 0.3 is 0 Å². The van der Waals surface area contributed by atoms with Crippen molar-refractivity contribution >= 4 is 108 Å². The Morgan fingerprint density at radius 1 is 0.547 bits per heavy atom. The van der Waals surface area contributed by atoms with Gasteiger partial charge in [-0.15, -0.1) is 0 Å². The minimum Gasteiger partial charge on any atom is -0.511 e. The average Bonchev–Trinajstić information content (AvgIpc) is 3.67. The maximum atomic E-state index is 12.0. The summed E-state index contributed by atoms with van der Waals surface area (Å²) < 4.78 is 6.02. The van der Waals surface area contributed by atoms with E-state index >= 15 is 0 Å². The first-order valence-electron chi connectivity index (χ1n) is 19.1. The molecule has 0 bridgehead atoms. The molecule has 1 aliphatic rings. The van der Waals surface area contributed by atoms with Crippen molar-refractivity contribution < 1.29 is 75.9 Å². The minimum absolute atomic E-state index is 0.106. The second-order valence-electron chi connectivity index (χ2n) is 15.2. The smallest absolute Gasteiger partial charge is 0.205 e. The molecule has 0 saturated carbocycles. The molecule has 64 heavy (non-hydrogen) atoms. The van der Waals surface area contributed by atoms with Crippen molar-refractivity contribution in [3.63, 3.8) is 0 Å². The van der Waals surface area contributed by atoms with Crippen LogP contribution >= 0.6 is 0 Å². The summed E-state index contributed by atoms with van der Waals surface area (Å²) in [5, 5.41) is 154. The Morgan fingerprint density at radius 3 is 1.61 bits per heavy atom. The number of aromatic hydroxyl groups is 5. The molecule has 6 aromatic carbocycles. The Balaban J connectivity index is 1.58. The number of hydrogen-bond acceptors (Lipinski definition) is 15. The zero-order chi connectivity index (χ0) is 46.5. The van der Waals surface area contributed by atoms with E-state index in [1.54, 1.807) is 48.5 Å². The Bertz CT molecular complexity index is 3310. The van der Waals surface area contributed by atoms with Crippen LogP contribution in [-0.4, -0.2) is 116 Å². The van der Waals surface area contributed by atoms with E-state index in [0.29, 0.717) is 0 Å². The fraction of sp³-hybridized carbons (Fsp3) is 0.111. The highest BCUT2D eigenvalue weighted by molar-refractivity contribution is 6.56. The first-order chi connectivity index (χ1) is 30.3. The summed E-state index contributed by atoms with van der Waals surface area (Å²) in [6.45, 7) is -0.240. The molecule has 14 N–H and O–H groups in total. The molecule has 8 radical (unpaired) electrons. The normalized spacial score (nSPS) is 14.6. The number of fused-ring (bicyclic) bond motifs is 5. The molecule has 0 saturated heterocycles. The number of phenols is 5. The molecule has 0 fully saturated rings. The van der Waals surface area contributed by atoms with Crippen molar-refractivity contribution in [1.29, 1.82) is 0 Å². The third kappa shape index (κ3) is 5.88. The van der Waals surface area contributed by atoms with Gasteiger partial charge in [-0.1, -0.05) is 77.3 Å². The van der Waals surface area contributed by atoms with Gasteiger partial charge in [0.15, 0.2) is 45.7 Å². The molecule has 0 amide bonds. The molecule has 0 aliphatic heterocycles. The molecule has 1 unspecified atom stereocenters. The van der Waals surface area contributed by atoms with Gasteiger partial charge in [0.2, 0.25) is 17.3 Å². The van der Waals surface area contributed by atoms with E-state index in [9.17, 15) is 71.5 Å². The molecule has 1 aromatic heterocycles. The predicted octanol–water partition coefficient (Wildman–Crippen LogP) is 4.13. The maximum Gasteiger partial charge on any atom is 0.205 e. The van der Waals surface area contributed by atoms with Crippen molar-refractivity contribution in [3.8, 4) is 51.0 Å². The van der Waals surface area contributed by atoms with Crippen LogP contribution in [0.4, 0.5) is 0 Å². The van der Waals surface area contributed by atoms with Crippen LogP contribution in [0.15, 0.2) is 87.5 Å². The maximum absolute atomic E-state index is 12.0. The van der Waals surface area contributed by atoms with E-state index in [4.69, 9.17) is 35.8 Å². The number of hydrogen-bond donors (Lipinski definition) is 14. The van der Waals surface area contributed by atoms with Crippen LogP contribution in [0.1, 0.15) is 36.0 Å². The average molecular weight is 856 g/mol. The zero-order valence-electron chi connectivity index (χ0n) is 33.3. The van der Waals surface area contributed by atoms with Crippen molar-refractivity contribution in [2.45, 2.75) is 19.3 Å². The molecule has 19 heteroatoms. The number of phenolic OH excluding ortho intramolecular Hbond substituents is 5. The van der Waals surface area contributed by atoms with Crippen LogP contribution in [0.2, 0.25) is 0 Å². The van der Waals surface area contributed by atoms with Gasteiger partial charge in [-0.25, -0.2) is 0 Å². The number of aliphatic hydroxyl groups excluding tert-OH is 9. The van der Waals surface area contributed by atoms with Crippen molar-refractivity contribution in [2.75, 3.05) is 13.2 Å². The molecular weight excluding hydrogens is 824 g/mol. The lowest BCUT2D eigenvalue weighted by atomic mass is 9.66. The summed E-state index contributed by atoms with van der Waals surface area (Å²) in [7, 11) is 26.4. The van der Waals surface area contributed by atoms with E-state index in [1.807, 2.05) is 0 Å². The van der Waals surface area contributed by atoms with Crippen LogP contribution in [0, 0.1) is 0 Å². The molecule has 1 aliphatic carbocycles. The van der Waals surface area contributed by atoms with Gasteiger partial charge in [0.25, 0.3) is 0 Å². The quantitative estimate of drug-likeness (QED) is 0.0464. The molecule has 1 heterocycles. The third-order valence-electron chi connectivity index (χ3n) is 11.6. The Labute approximate surface area is 366 Å². The zero-order valence-corrected chi connectivity index (χ0v) is 33.3. The molecule has 314 valence electrons. The Morgan fingerprint density at radius 2 is 1.08 bits per heavy atom. The lowest BCUT2D eigenvalue weighted by Crippen LogP contribution is -2.37. The molecular formula is C45H32B4O15. The van der Waals surface area contributed by atoms with Crippen LogP contribution in [0.5, 0.6) is 28.7 Å². The van der Waals surface area contributed by atoms with Crippen molar-refractivity contribution in [2.24, 2.45) is 0 Å². The minimum atomic E-state index is -1.24. The van der Waals surface area contributed by atoms with Gasteiger partial charge in [0.05, 0.1) is 12.0 Å². The Kier molecular flexibility index (Phi) is 10.3. The first-order valence-corrected chi connectivity index (χ1v) is 19.1. The molecule has 1 atom stereocenters.